The van der Waals surface area contributed by atoms with E-state index < -0.39 is 0 Å². The number of Topliss-reactive ketones (excluding diaryl/α,β-unsaturated/α-hetero) is 1. The number of rotatable bonds is 3. The summed E-state index contributed by atoms with van der Waals surface area (Å²) in [7, 11) is 0. The molecule has 1 unspecified atom stereocenters. The molecule has 0 spiro atoms. The van der Waals surface area contributed by atoms with Gasteiger partial charge >= 0.3 is 0 Å². The molecule has 1 aromatic carbocycles. The molecule has 2 rings (SSSR count). The molecule has 92 valence electrons. The molecular formula is C15H16N2O. The Morgan fingerprint density at radius 2 is 2.06 bits per heavy atom. The Hall–Kier alpha value is -2.08. The van der Waals surface area contributed by atoms with Crippen LogP contribution in [0.2, 0.25) is 0 Å². The van der Waals surface area contributed by atoms with Crippen molar-refractivity contribution in [3.63, 3.8) is 0 Å². The zero-order valence-electron chi connectivity index (χ0n) is 10.8. The maximum absolute atomic E-state index is 12.3. The molecule has 0 saturated carbocycles. The van der Waals surface area contributed by atoms with E-state index in [0.717, 1.165) is 16.5 Å². The van der Waals surface area contributed by atoms with E-state index in [-0.39, 0.29) is 11.7 Å². The van der Waals surface area contributed by atoms with Gasteiger partial charge in [-0.25, -0.2) is 0 Å². The molecule has 2 aromatic rings. The van der Waals surface area contributed by atoms with Crippen molar-refractivity contribution in [2.75, 3.05) is 0 Å². The SMILES string of the molecule is CC(C)C(C)C(=O)c1c[nH]c2cc(C#N)ccc12. The van der Waals surface area contributed by atoms with Gasteiger partial charge in [0.1, 0.15) is 0 Å². The number of hydrogen-bond acceptors (Lipinski definition) is 2. The van der Waals surface area contributed by atoms with Crippen molar-refractivity contribution in [2.24, 2.45) is 11.8 Å². The van der Waals surface area contributed by atoms with Crippen molar-refractivity contribution >= 4 is 16.7 Å². The minimum Gasteiger partial charge on any atom is -0.360 e. The molecule has 0 aliphatic heterocycles. The normalized spacial score (nSPS) is 12.6. The van der Waals surface area contributed by atoms with Crippen molar-refractivity contribution in [3.8, 4) is 6.07 Å². The Labute approximate surface area is 106 Å². The third kappa shape index (κ3) is 2.02. The highest BCUT2D eigenvalue weighted by Gasteiger charge is 2.21. The molecule has 0 aliphatic carbocycles. The van der Waals surface area contributed by atoms with Crippen molar-refractivity contribution in [2.45, 2.75) is 20.8 Å². The number of nitriles is 1. The minimum atomic E-state index is -0.000330. The number of aromatic nitrogens is 1. The highest BCUT2D eigenvalue weighted by molar-refractivity contribution is 6.09. The second-order valence-electron chi connectivity index (χ2n) is 4.97. The van der Waals surface area contributed by atoms with E-state index in [1.807, 2.05) is 26.8 Å². The van der Waals surface area contributed by atoms with Gasteiger partial charge in [-0.2, -0.15) is 5.26 Å². The molecule has 18 heavy (non-hydrogen) atoms. The standard InChI is InChI=1S/C15H16N2O/c1-9(2)10(3)15(18)13-8-17-14-6-11(7-16)4-5-12(13)14/h4-6,8-10,17H,1-3H3. The van der Waals surface area contributed by atoms with Crippen LogP contribution in [0.15, 0.2) is 24.4 Å². The van der Waals surface area contributed by atoms with Gasteiger partial charge in [-0.15, -0.1) is 0 Å². The Bertz CT molecular complexity index is 631. The first-order valence-electron chi connectivity index (χ1n) is 6.10. The van der Waals surface area contributed by atoms with E-state index in [1.54, 1.807) is 18.3 Å². The smallest absolute Gasteiger partial charge is 0.168 e. The number of carbonyl (C=O) groups is 1. The summed E-state index contributed by atoms with van der Waals surface area (Å²) in [6.07, 6.45) is 1.74. The zero-order chi connectivity index (χ0) is 13.3. The first kappa shape index (κ1) is 12.4. The lowest BCUT2D eigenvalue weighted by Crippen LogP contribution is -2.16. The van der Waals surface area contributed by atoms with Crippen LogP contribution in [0.1, 0.15) is 36.7 Å². The first-order valence-corrected chi connectivity index (χ1v) is 6.10. The van der Waals surface area contributed by atoms with Gasteiger partial charge < -0.3 is 4.98 Å². The lowest BCUT2D eigenvalue weighted by Gasteiger charge is -2.13. The third-order valence-corrected chi connectivity index (χ3v) is 3.49. The van der Waals surface area contributed by atoms with Crippen LogP contribution in [0.4, 0.5) is 0 Å². The van der Waals surface area contributed by atoms with Gasteiger partial charge in [0.05, 0.1) is 11.6 Å². The second kappa shape index (κ2) is 4.66. The molecule has 3 heteroatoms. The molecule has 0 aliphatic rings. The van der Waals surface area contributed by atoms with Crippen LogP contribution in [0.25, 0.3) is 10.9 Å². The molecule has 1 atom stereocenters. The molecule has 0 fully saturated rings. The zero-order valence-corrected chi connectivity index (χ0v) is 10.8. The van der Waals surface area contributed by atoms with Crippen LogP contribution in [0, 0.1) is 23.2 Å². The Balaban J connectivity index is 2.48. The fraction of sp³-hybridized carbons (Fsp3) is 0.333. The lowest BCUT2D eigenvalue weighted by atomic mass is 9.89. The predicted molar refractivity (Wildman–Crippen MR) is 71.3 cm³/mol. The summed E-state index contributed by atoms with van der Waals surface area (Å²) in [5.74, 6) is 0.474. The number of benzene rings is 1. The summed E-state index contributed by atoms with van der Waals surface area (Å²) < 4.78 is 0. The summed E-state index contributed by atoms with van der Waals surface area (Å²) in [6, 6.07) is 7.44. The van der Waals surface area contributed by atoms with Crippen molar-refractivity contribution in [1.82, 2.24) is 4.98 Å². The molecule has 1 aromatic heterocycles. The highest BCUT2D eigenvalue weighted by Crippen LogP contribution is 2.24. The van der Waals surface area contributed by atoms with Gasteiger partial charge in [0.2, 0.25) is 0 Å². The van der Waals surface area contributed by atoms with Gasteiger partial charge in [0.15, 0.2) is 5.78 Å². The van der Waals surface area contributed by atoms with E-state index >= 15 is 0 Å². The van der Waals surface area contributed by atoms with Crippen molar-refractivity contribution in [3.05, 3.63) is 35.5 Å². The van der Waals surface area contributed by atoms with Crippen molar-refractivity contribution in [1.29, 1.82) is 5.26 Å². The van der Waals surface area contributed by atoms with Gasteiger partial charge in [-0.3, -0.25) is 4.79 Å². The summed E-state index contributed by atoms with van der Waals surface area (Å²) in [4.78, 5) is 15.4. The van der Waals surface area contributed by atoms with E-state index in [9.17, 15) is 4.79 Å². The number of hydrogen-bond donors (Lipinski definition) is 1. The average molecular weight is 240 g/mol. The summed E-state index contributed by atoms with van der Waals surface area (Å²) in [6.45, 7) is 6.05. The van der Waals surface area contributed by atoms with Crippen LogP contribution in [-0.4, -0.2) is 10.8 Å². The van der Waals surface area contributed by atoms with Gasteiger partial charge in [0.25, 0.3) is 0 Å². The van der Waals surface area contributed by atoms with E-state index in [0.29, 0.717) is 11.5 Å². The van der Waals surface area contributed by atoms with E-state index in [4.69, 9.17) is 5.26 Å². The van der Waals surface area contributed by atoms with Gasteiger partial charge in [-0.05, 0) is 18.1 Å². The largest absolute Gasteiger partial charge is 0.360 e. The third-order valence-electron chi connectivity index (χ3n) is 3.49. The topological polar surface area (TPSA) is 56.6 Å². The molecule has 0 amide bonds. The lowest BCUT2D eigenvalue weighted by molar-refractivity contribution is 0.0901. The maximum atomic E-state index is 12.3. The molecule has 0 radical (unpaired) electrons. The molecule has 0 saturated heterocycles. The van der Waals surface area contributed by atoms with Crippen molar-refractivity contribution < 1.29 is 4.79 Å². The minimum absolute atomic E-state index is 0.000330. The molecule has 1 heterocycles. The van der Waals surface area contributed by atoms with E-state index in [1.165, 1.54) is 0 Å². The van der Waals surface area contributed by atoms with Gasteiger partial charge in [-0.1, -0.05) is 26.8 Å². The van der Waals surface area contributed by atoms with Crippen LogP contribution in [0.5, 0.6) is 0 Å². The van der Waals surface area contributed by atoms with Crippen LogP contribution in [-0.2, 0) is 0 Å². The quantitative estimate of drug-likeness (QED) is 0.834. The fourth-order valence-electron chi connectivity index (χ4n) is 1.95. The van der Waals surface area contributed by atoms with E-state index in [2.05, 4.69) is 11.1 Å². The van der Waals surface area contributed by atoms with Gasteiger partial charge in [0, 0.05) is 28.6 Å². The number of nitrogens with zero attached hydrogens (tertiary/aromatic N) is 1. The summed E-state index contributed by atoms with van der Waals surface area (Å²) >= 11 is 0. The maximum Gasteiger partial charge on any atom is 0.168 e. The Kier molecular flexibility index (Phi) is 3.20. The molecule has 3 nitrogen and oxygen atoms in total. The number of fused-ring (bicyclic) bond motifs is 1. The number of carbonyl (C=O) groups excluding carboxylic acids is 1. The highest BCUT2D eigenvalue weighted by atomic mass is 16.1. The Morgan fingerprint density at radius 1 is 1.33 bits per heavy atom. The fourth-order valence-corrected chi connectivity index (χ4v) is 1.95. The predicted octanol–water partition coefficient (Wildman–Crippen LogP) is 3.51. The summed E-state index contributed by atoms with van der Waals surface area (Å²) in [5.41, 5.74) is 2.16. The van der Waals surface area contributed by atoms with Crippen LogP contribution >= 0.6 is 0 Å². The number of H-pyrrole nitrogens is 1. The molecular weight excluding hydrogens is 224 g/mol. The monoisotopic (exact) mass is 240 g/mol. The molecule has 1 N–H and O–H groups in total. The first-order chi connectivity index (χ1) is 8.54. The molecule has 0 bridgehead atoms. The number of ketones is 1. The Morgan fingerprint density at radius 3 is 2.67 bits per heavy atom. The number of aromatic amines is 1. The average Bonchev–Trinajstić information content (AvgIpc) is 2.79. The van der Waals surface area contributed by atoms with Crippen LogP contribution in [0.3, 0.4) is 0 Å². The summed E-state index contributed by atoms with van der Waals surface area (Å²) in [5, 5.41) is 9.74. The number of nitrogens with one attached hydrogen (secondary N) is 1. The van der Waals surface area contributed by atoms with Crippen LogP contribution < -0.4 is 0 Å². The second-order valence-corrected chi connectivity index (χ2v) is 4.97.